The van der Waals surface area contributed by atoms with Gasteiger partial charge in [0.2, 0.25) is 0 Å². The second kappa shape index (κ2) is 8.12. The van der Waals surface area contributed by atoms with Crippen LogP contribution in [0.3, 0.4) is 0 Å². The van der Waals surface area contributed by atoms with Crippen LogP contribution in [0.25, 0.3) is 0 Å². The van der Waals surface area contributed by atoms with Crippen molar-refractivity contribution in [1.82, 2.24) is 10.2 Å². The summed E-state index contributed by atoms with van der Waals surface area (Å²) in [5, 5.41) is 12.9. The summed E-state index contributed by atoms with van der Waals surface area (Å²) in [6.45, 7) is 4.64. The van der Waals surface area contributed by atoms with Crippen LogP contribution in [0.15, 0.2) is 24.3 Å². The Hall–Kier alpha value is -1.26. The van der Waals surface area contributed by atoms with Crippen molar-refractivity contribution in [3.05, 3.63) is 34.9 Å². The van der Waals surface area contributed by atoms with E-state index in [0.717, 1.165) is 12.0 Å². The van der Waals surface area contributed by atoms with E-state index in [2.05, 4.69) is 12.2 Å². The molecule has 0 fully saturated rings. The van der Waals surface area contributed by atoms with Gasteiger partial charge < -0.3 is 15.3 Å². The number of amides is 2. The van der Waals surface area contributed by atoms with Gasteiger partial charge >= 0.3 is 6.03 Å². The molecule has 20 heavy (non-hydrogen) atoms. The van der Waals surface area contributed by atoms with E-state index in [1.807, 2.05) is 24.3 Å². The van der Waals surface area contributed by atoms with E-state index >= 15 is 0 Å². The Balaban J connectivity index is 2.53. The molecule has 0 heterocycles. The van der Waals surface area contributed by atoms with Gasteiger partial charge in [-0.1, -0.05) is 30.7 Å². The molecule has 0 aliphatic rings. The van der Waals surface area contributed by atoms with Gasteiger partial charge in [0.1, 0.15) is 0 Å². The molecule has 0 unspecified atom stereocenters. The van der Waals surface area contributed by atoms with Crippen molar-refractivity contribution in [2.45, 2.75) is 32.3 Å². The van der Waals surface area contributed by atoms with Gasteiger partial charge in [0.25, 0.3) is 0 Å². The average molecular weight is 299 g/mol. The zero-order valence-electron chi connectivity index (χ0n) is 12.3. The summed E-state index contributed by atoms with van der Waals surface area (Å²) in [6, 6.07) is 7.53. The third-order valence-corrected chi connectivity index (χ3v) is 3.47. The lowest BCUT2D eigenvalue weighted by Crippen LogP contribution is -2.42. The van der Waals surface area contributed by atoms with Gasteiger partial charge in [-0.05, 0) is 31.0 Å². The molecule has 1 aromatic rings. The average Bonchev–Trinajstić information content (AvgIpc) is 2.40. The van der Waals surface area contributed by atoms with Crippen LogP contribution in [-0.2, 0) is 0 Å². The normalized spacial score (nSPS) is 13.7. The molecule has 2 N–H and O–H groups in total. The molecule has 2 atom stereocenters. The Morgan fingerprint density at radius 1 is 1.40 bits per heavy atom. The maximum atomic E-state index is 11.9. The molecular formula is C15H23ClN2O2. The Labute approximate surface area is 125 Å². The summed E-state index contributed by atoms with van der Waals surface area (Å²) in [4.78, 5) is 13.4. The fourth-order valence-electron chi connectivity index (χ4n) is 2.06. The number of halogens is 1. The van der Waals surface area contributed by atoms with Gasteiger partial charge in [0.05, 0.1) is 6.10 Å². The van der Waals surface area contributed by atoms with Crippen molar-refractivity contribution in [3.63, 3.8) is 0 Å². The van der Waals surface area contributed by atoms with Crippen molar-refractivity contribution >= 4 is 17.6 Å². The van der Waals surface area contributed by atoms with Gasteiger partial charge in [-0.25, -0.2) is 4.79 Å². The molecule has 0 aliphatic carbocycles. The SMILES string of the molecule is CC[C@@H](CNC(=O)N(C)C[C@H](C)O)c1ccc(Cl)cc1. The minimum atomic E-state index is -0.524. The first kappa shape index (κ1) is 16.8. The van der Waals surface area contributed by atoms with Crippen LogP contribution in [0.1, 0.15) is 31.7 Å². The summed E-state index contributed by atoms with van der Waals surface area (Å²) < 4.78 is 0. The number of carbonyl (C=O) groups excluding carboxylic acids is 1. The molecule has 0 spiro atoms. The summed E-state index contributed by atoms with van der Waals surface area (Å²) in [5.74, 6) is 0.260. The second-order valence-electron chi connectivity index (χ2n) is 5.07. The van der Waals surface area contributed by atoms with Crippen LogP contribution in [0, 0.1) is 0 Å². The highest BCUT2D eigenvalue weighted by atomic mass is 35.5. The highest BCUT2D eigenvalue weighted by molar-refractivity contribution is 6.30. The molecule has 112 valence electrons. The molecule has 0 saturated heterocycles. The van der Waals surface area contributed by atoms with Gasteiger partial charge in [-0.3, -0.25) is 0 Å². The lowest BCUT2D eigenvalue weighted by atomic mass is 9.96. The maximum Gasteiger partial charge on any atom is 0.317 e. The number of urea groups is 1. The van der Waals surface area contributed by atoms with Gasteiger partial charge in [0, 0.05) is 31.1 Å². The Kier molecular flexibility index (Phi) is 6.82. The highest BCUT2D eigenvalue weighted by Gasteiger charge is 2.14. The largest absolute Gasteiger partial charge is 0.392 e. The van der Waals surface area contributed by atoms with Crippen LogP contribution in [0.5, 0.6) is 0 Å². The molecule has 4 nitrogen and oxygen atoms in total. The molecule has 2 amide bonds. The Morgan fingerprint density at radius 3 is 2.50 bits per heavy atom. The van der Waals surface area contributed by atoms with Gasteiger partial charge in [-0.15, -0.1) is 0 Å². The highest BCUT2D eigenvalue weighted by Crippen LogP contribution is 2.20. The molecule has 0 aliphatic heterocycles. The number of nitrogens with zero attached hydrogens (tertiary/aromatic N) is 1. The van der Waals surface area contributed by atoms with Crippen LogP contribution in [0.2, 0.25) is 5.02 Å². The third-order valence-electron chi connectivity index (χ3n) is 3.22. The van der Waals surface area contributed by atoms with Crippen LogP contribution in [0.4, 0.5) is 4.79 Å². The first-order valence-electron chi connectivity index (χ1n) is 6.86. The van der Waals surface area contributed by atoms with E-state index in [1.165, 1.54) is 4.90 Å². The first-order valence-corrected chi connectivity index (χ1v) is 7.24. The molecular weight excluding hydrogens is 276 g/mol. The number of likely N-dealkylation sites (N-methyl/N-ethyl adjacent to an activating group) is 1. The standard InChI is InChI=1S/C15H23ClN2O2/c1-4-12(13-5-7-14(16)8-6-13)9-17-15(20)18(3)10-11(2)19/h5-8,11-12,19H,4,9-10H2,1-3H3,(H,17,20)/t11-,12-/m0/s1. The molecule has 5 heteroatoms. The van der Waals surface area contributed by atoms with E-state index in [1.54, 1.807) is 14.0 Å². The minimum absolute atomic E-state index is 0.168. The predicted octanol–water partition coefficient (Wildman–Crippen LogP) is 2.86. The number of aliphatic hydroxyl groups is 1. The molecule has 0 saturated carbocycles. The van der Waals surface area contributed by atoms with Crippen LogP contribution < -0.4 is 5.32 Å². The van der Waals surface area contributed by atoms with Crippen molar-refractivity contribution in [1.29, 1.82) is 0 Å². The Bertz CT molecular complexity index is 420. The van der Waals surface area contributed by atoms with Gasteiger partial charge in [0.15, 0.2) is 0 Å². The lowest BCUT2D eigenvalue weighted by Gasteiger charge is -2.22. The van der Waals surface area contributed by atoms with Crippen molar-refractivity contribution < 1.29 is 9.90 Å². The fraction of sp³-hybridized carbons (Fsp3) is 0.533. The summed E-state index contributed by atoms with van der Waals surface area (Å²) in [7, 11) is 1.67. The summed E-state index contributed by atoms with van der Waals surface area (Å²) in [5.41, 5.74) is 1.16. The van der Waals surface area contributed by atoms with Crippen molar-refractivity contribution in [3.8, 4) is 0 Å². The zero-order chi connectivity index (χ0) is 15.1. The number of hydrogen-bond acceptors (Lipinski definition) is 2. The van der Waals surface area contributed by atoms with E-state index < -0.39 is 6.10 Å². The Morgan fingerprint density at radius 2 is 2.00 bits per heavy atom. The molecule has 0 bridgehead atoms. The van der Waals surface area contributed by atoms with E-state index in [9.17, 15) is 9.90 Å². The number of hydrogen-bond donors (Lipinski definition) is 2. The van der Waals surface area contributed by atoms with Crippen molar-refractivity contribution in [2.24, 2.45) is 0 Å². The minimum Gasteiger partial charge on any atom is -0.392 e. The molecule has 0 radical (unpaired) electrons. The number of aliphatic hydroxyl groups excluding tert-OH is 1. The molecule has 1 aromatic carbocycles. The summed E-state index contributed by atoms with van der Waals surface area (Å²) in [6.07, 6.45) is 0.408. The fourth-order valence-corrected chi connectivity index (χ4v) is 2.18. The number of benzene rings is 1. The first-order chi connectivity index (χ1) is 9.43. The molecule has 0 aromatic heterocycles. The monoisotopic (exact) mass is 298 g/mol. The van der Waals surface area contributed by atoms with E-state index in [-0.39, 0.29) is 11.9 Å². The third kappa shape index (κ3) is 5.39. The number of nitrogens with one attached hydrogen (secondary N) is 1. The van der Waals surface area contributed by atoms with Gasteiger partial charge in [-0.2, -0.15) is 0 Å². The van der Waals surface area contributed by atoms with E-state index in [4.69, 9.17) is 11.6 Å². The number of rotatable bonds is 6. The summed E-state index contributed by atoms with van der Waals surface area (Å²) >= 11 is 5.88. The zero-order valence-corrected chi connectivity index (χ0v) is 13.0. The quantitative estimate of drug-likeness (QED) is 0.848. The van der Waals surface area contributed by atoms with Crippen molar-refractivity contribution in [2.75, 3.05) is 20.1 Å². The lowest BCUT2D eigenvalue weighted by molar-refractivity contribution is 0.143. The van der Waals surface area contributed by atoms with Crippen LogP contribution >= 0.6 is 11.6 Å². The maximum absolute atomic E-state index is 11.9. The predicted molar refractivity (Wildman–Crippen MR) is 82.2 cm³/mol. The topological polar surface area (TPSA) is 52.6 Å². The smallest absolute Gasteiger partial charge is 0.317 e. The second-order valence-corrected chi connectivity index (χ2v) is 5.51. The number of carbonyl (C=O) groups is 1. The van der Waals surface area contributed by atoms with Crippen LogP contribution in [-0.4, -0.2) is 42.3 Å². The molecule has 1 rings (SSSR count). The van der Waals surface area contributed by atoms with E-state index in [0.29, 0.717) is 18.1 Å².